The molecule has 1 unspecified atom stereocenters. The fraction of sp³-hybridized carbons (Fsp3) is 0.333. The van der Waals surface area contributed by atoms with Gasteiger partial charge in [-0.2, -0.15) is 0 Å². The normalized spacial score (nSPS) is 17.0. The highest BCUT2D eigenvalue weighted by molar-refractivity contribution is 5.89. The molecular weight excluding hydrogens is 311 g/mol. The maximum atomic E-state index is 12.9. The summed E-state index contributed by atoms with van der Waals surface area (Å²) in [4.78, 5) is 26.4. The molecule has 3 rings (SSSR count). The van der Waals surface area contributed by atoms with Crippen LogP contribution < -0.4 is 5.32 Å². The molecule has 1 saturated heterocycles. The van der Waals surface area contributed by atoms with Crippen molar-refractivity contribution in [1.82, 2.24) is 10.2 Å². The van der Waals surface area contributed by atoms with E-state index in [4.69, 9.17) is 4.42 Å². The summed E-state index contributed by atoms with van der Waals surface area (Å²) in [6.07, 6.45) is 3.17. The summed E-state index contributed by atoms with van der Waals surface area (Å²) in [6.45, 7) is 0.876. The van der Waals surface area contributed by atoms with Gasteiger partial charge in [-0.25, -0.2) is 4.39 Å². The second kappa shape index (κ2) is 7.29. The van der Waals surface area contributed by atoms with Gasteiger partial charge in [0.25, 0.3) is 0 Å². The molecule has 0 saturated carbocycles. The van der Waals surface area contributed by atoms with Crippen molar-refractivity contribution in [3.63, 3.8) is 0 Å². The second-order valence-corrected chi connectivity index (χ2v) is 5.85. The first-order chi connectivity index (χ1) is 11.6. The van der Waals surface area contributed by atoms with Crippen LogP contribution in [0.1, 0.15) is 24.2 Å². The van der Waals surface area contributed by atoms with Crippen LogP contribution in [0.25, 0.3) is 0 Å². The van der Waals surface area contributed by atoms with Crippen LogP contribution in [0.15, 0.2) is 47.1 Å². The van der Waals surface area contributed by atoms with Crippen LogP contribution >= 0.6 is 0 Å². The monoisotopic (exact) mass is 330 g/mol. The third-order valence-electron chi connectivity index (χ3n) is 4.16. The van der Waals surface area contributed by atoms with Crippen molar-refractivity contribution >= 4 is 11.8 Å². The van der Waals surface area contributed by atoms with E-state index in [9.17, 15) is 14.0 Å². The molecule has 6 heteroatoms. The van der Waals surface area contributed by atoms with Gasteiger partial charge < -0.3 is 14.6 Å². The summed E-state index contributed by atoms with van der Waals surface area (Å²) < 4.78 is 18.1. The number of hydrogen-bond donors (Lipinski definition) is 1. The SMILES string of the molecule is O=C(NCc1ccco1)C1CCCN1C(=O)Cc1ccc(F)cc1. The molecule has 1 aromatic heterocycles. The predicted molar refractivity (Wildman–Crippen MR) is 85.4 cm³/mol. The summed E-state index contributed by atoms with van der Waals surface area (Å²) in [5.41, 5.74) is 0.739. The Labute approximate surface area is 139 Å². The number of carbonyl (C=O) groups is 2. The maximum Gasteiger partial charge on any atom is 0.243 e. The van der Waals surface area contributed by atoms with Crippen molar-refractivity contribution in [2.24, 2.45) is 0 Å². The number of hydrogen-bond acceptors (Lipinski definition) is 3. The Morgan fingerprint density at radius 3 is 2.75 bits per heavy atom. The number of benzene rings is 1. The lowest BCUT2D eigenvalue weighted by Crippen LogP contribution is -2.46. The molecule has 1 N–H and O–H groups in total. The molecule has 5 nitrogen and oxygen atoms in total. The van der Waals surface area contributed by atoms with Gasteiger partial charge in [0.15, 0.2) is 0 Å². The van der Waals surface area contributed by atoms with Crippen molar-refractivity contribution in [3.8, 4) is 0 Å². The molecule has 0 spiro atoms. The van der Waals surface area contributed by atoms with Gasteiger partial charge in [-0.15, -0.1) is 0 Å². The summed E-state index contributed by atoms with van der Waals surface area (Å²) in [6, 6.07) is 8.94. The topological polar surface area (TPSA) is 62.6 Å². The number of likely N-dealkylation sites (tertiary alicyclic amines) is 1. The number of rotatable bonds is 5. The Morgan fingerprint density at radius 1 is 1.25 bits per heavy atom. The molecule has 1 aliphatic heterocycles. The summed E-state index contributed by atoms with van der Waals surface area (Å²) in [5.74, 6) is 0.0571. The second-order valence-electron chi connectivity index (χ2n) is 5.85. The minimum absolute atomic E-state index is 0.114. The average molecular weight is 330 g/mol. The molecule has 1 aliphatic rings. The maximum absolute atomic E-state index is 12.9. The number of halogens is 1. The highest BCUT2D eigenvalue weighted by atomic mass is 19.1. The summed E-state index contributed by atoms with van der Waals surface area (Å²) in [7, 11) is 0. The molecule has 2 heterocycles. The number of carbonyl (C=O) groups excluding carboxylic acids is 2. The molecule has 1 atom stereocenters. The Kier molecular flexibility index (Phi) is 4.93. The first-order valence-electron chi connectivity index (χ1n) is 7.97. The van der Waals surface area contributed by atoms with Crippen molar-refractivity contribution in [2.45, 2.75) is 31.8 Å². The third kappa shape index (κ3) is 3.82. The smallest absolute Gasteiger partial charge is 0.243 e. The molecule has 2 aromatic rings. The van der Waals surface area contributed by atoms with Gasteiger partial charge in [0, 0.05) is 6.54 Å². The summed E-state index contributed by atoms with van der Waals surface area (Å²) >= 11 is 0. The van der Waals surface area contributed by atoms with Gasteiger partial charge in [0.2, 0.25) is 11.8 Å². The third-order valence-corrected chi connectivity index (χ3v) is 4.16. The van der Waals surface area contributed by atoms with Gasteiger partial charge in [-0.1, -0.05) is 12.1 Å². The molecular formula is C18H19FN2O3. The lowest BCUT2D eigenvalue weighted by atomic mass is 10.1. The van der Waals surface area contributed by atoms with Crippen LogP contribution in [-0.2, 0) is 22.6 Å². The van der Waals surface area contributed by atoms with Gasteiger partial charge in [0.05, 0.1) is 19.2 Å². The molecule has 1 fully saturated rings. The minimum atomic E-state index is -0.451. The van der Waals surface area contributed by atoms with Crippen LogP contribution in [0.2, 0.25) is 0 Å². The molecule has 24 heavy (non-hydrogen) atoms. The molecule has 2 amide bonds. The van der Waals surface area contributed by atoms with E-state index in [1.165, 1.54) is 12.1 Å². The zero-order valence-electron chi connectivity index (χ0n) is 13.2. The van der Waals surface area contributed by atoms with Gasteiger partial charge in [-0.3, -0.25) is 9.59 Å². The molecule has 126 valence electrons. The van der Waals surface area contributed by atoms with E-state index >= 15 is 0 Å². The van der Waals surface area contributed by atoms with E-state index in [1.807, 2.05) is 0 Å². The highest BCUT2D eigenvalue weighted by Gasteiger charge is 2.33. The van der Waals surface area contributed by atoms with Crippen molar-refractivity contribution in [1.29, 1.82) is 0 Å². The van der Waals surface area contributed by atoms with Gasteiger partial charge in [-0.05, 0) is 42.7 Å². The zero-order valence-corrected chi connectivity index (χ0v) is 13.2. The van der Waals surface area contributed by atoms with E-state index in [2.05, 4.69) is 5.32 Å². The molecule has 1 aromatic carbocycles. The standard InChI is InChI=1S/C18H19FN2O3/c19-14-7-5-13(6-8-14)11-17(22)21-9-1-4-16(21)18(23)20-12-15-3-2-10-24-15/h2-3,5-8,10,16H,1,4,9,11-12H2,(H,20,23). The largest absolute Gasteiger partial charge is 0.467 e. The predicted octanol–water partition coefficient (Wildman–Crippen LogP) is 2.27. The fourth-order valence-corrected chi connectivity index (χ4v) is 2.92. The van der Waals surface area contributed by atoms with E-state index in [-0.39, 0.29) is 24.1 Å². The molecule has 0 aliphatic carbocycles. The summed E-state index contributed by atoms with van der Waals surface area (Å²) in [5, 5.41) is 2.81. The zero-order chi connectivity index (χ0) is 16.9. The van der Waals surface area contributed by atoms with Crippen molar-refractivity contribution < 1.29 is 18.4 Å². The fourth-order valence-electron chi connectivity index (χ4n) is 2.92. The van der Waals surface area contributed by atoms with Crippen molar-refractivity contribution in [2.75, 3.05) is 6.54 Å². The van der Waals surface area contributed by atoms with E-state index in [0.29, 0.717) is 25.3 Å². The van der Waals surface area contributed by atoms with Crippen LogP contribution in [0, 0.1) is 5.82 Å². The van der Waals surface area contributed by atoms with E-state index < -0.39 is 6.04 Å². The number of nitrogens with zero attached hydrogens (tertiary/aromatic N) is 1. The Hall–Kier alpha value is -2.63. The lowest BCUT2D eigenvalue weighted by molar-refractivity contribution is -0.138. The lowest BCUT2D eigenvalue weighted by Gasteiger charge is -2.24. The van der Waals surface area contributed by atoms with Crippen LogP contribution in [-0.4, -0.2) is 29.3 Å². The first-order valence-corrected chi connectivity index (χ1v) is 7.97. The Balaban J connectivity index is 1.58. The van der Waals surface area contributed by atoms with Crippen molar-refractivity contribution in [3.05, 3.63) is 59.8 Å². The van der Waals surface area contributed by atoms with Crippen LogP contribution in [0.3, 0.4) is 0 Å². The highest BCUT2D eigenvalue weighted by Crippen LogP contribution is 2.19. The Morgan fingerprint density at radius 2 is 2.04 bits per heavy atom. The Bertz CT molecular complexity index is 698. The van der Waals surface area contributed by atoms with Gasteiger partial charge in [0.1, 0.15) is 17.6 Å². The quantitative estimate of drug-likeness (QED) is 0.915. The molecule has 0 radical (unpaired) electrons. The average Bonchev–Trinajstić information content (AvgIpc) is 3.26. The van der Waals surface area contributed by atoms with E-state index in [0.717, 1.165) is 12.0 Å². The number of amides is 2. The van der Waals surface area contributed by atoms with E-state index in [1.54, 1.807) is 35.4 Å². The van der Waals surface area contributed by atoms with Crippen LogP contribution in [0.4, 0.5) is 4.39 Å². The first kappa shape index (κ1) is 16.2. The minimum Gasteiger partial charge on any atom is -0.467 e. The number of nitrogens with one attached hydrogen (secondary N) is 1. The van der Waals surface area contributed by atoms with Crippen LogP contribution in [0.5, 0.6) is 0 Å². The number of furan rings is 1. The van der Waals surface area contributed by atoms with Gasteiger partial charge >= 0.3 is 0 Å². The molecule has 0 bridgehead atoms.